The first-order chi connectivity index (χ1) is 11.0. The van der Waals surface area contributed by atoms with Gasteiger partial charge in [0.05, 0.1) is 5.69 Å². The molecule has 23 heavy (non-hydrogen) atoms. The van der Waals surface area contributed by atoms with Crippen LogP contribution in [0, 0.1) is 11.6 Å². The highest BCUT2D eigenvalue weighted by atomic mass is 79.9. The van der Waals surface area contributed by atoms with Crippen LogP contribution >= 0.6 is 27.3 Å². The monoisotopic (exact) mass is 394 g/mol. The standard InChI is InChI=1S/C16H9BrF2N2OS/c17-11-3-1-2-10(6-11)15(22)21-16-20-14(8-23-16)9-4-5-12(18)13(19)7-9/h1-8H,(H,20,21,22). The second-order valence-electron chi connectivity index (χ2n) is 4.63. The zero-order valence-electron chi connectivity index (χ0n) is 11.5. The number of benzene rings is 2. The Morgan fingerprint density at radius 1 is 1.13 bits per heavy atom. The van der Waals surface area contributed by atoms with Crippen LogP contribution in [-0.2, 0) is 0 Å². The number of halogens is 3. The second-order valence-corrected chi connectivity index (χ2v) is 6.41. The summed E-state index contributed by atoms with van der Waals surface area (Å²) in [6.07, 6.45) is 0. The molecule has 0 aliphatic heterocycles. The van der Waals surface area contributed by atoms with Gasteiger partial charge in [-0.1, -0.05) is 22.0 Å². The van der Waals surface area contributed by atoms with Crippen LogP contribution in [0.2, 0.25) is 0 Å². The average molecular weight is 395 g/mol. The molecular weight excluding hydrogens is 386 g/mol. The van der Waals surface area contributed by atoms with Gasteiger partial charge >= 0.3 is 0 Å². The minimum Gasteiger partial charge on any atom is -0.298 e. The zero-order chi connectivity index (χ0) is 16.4. The minimum absolute atomic E-state index is 0.294. The lowest BCUT2D eigenvalue weighted by atomic mass is 10.2. The smallest absolute Gasteiger partial charge is 0.257 e. The molecule has 3 nitrogen and oxygen atoms in total. The number of carbonyl (C=O) groups excluding carboxylic acids is 1. The van der Waals surface area contributed by atoms with Gasteiger partial charge < -0.3 is 0 Å². The van der Waals surface area contributed by atoms with E-state index < -0.39 is 11.6 Å². The van der Waals surface area contributed by atoms with E-state index in [1.165, 1.54) is 17.4 Å². The number of hydrogen-bond donors (Lipinski definition) is 1. The van der Waals surface area contributed by atoms with Crippen LogP contribution in [0.4, 0.5) is 13.9 Å². The molecular formula is C16H9BrF2N2OS. The van der Waals surface area contributed by atoms with Crippen LogP contribution in [0.5, 0.6) is 0 Å². The van der Waals surface area contributed by atoms with E-state index in [0.717, 1.165) is 16.6 Å². The van der Waals surface area contributed by atoms with E-state index in [9.17, 15) is 13.6 Å². The third-order valence-electron chi connectivity index (χ3n) is 3.03. The minimum atomic E-state index is -0.935. The molecule has 0 bridgehead atoms. The molecule has 0 fully saturated rings. The summed E-state index contributed by atoms with van der Waals surface area (Å²) >= 11 is 4.51. The van der Waals surface area contributed by atoms with Crippen molar-refractivity contribution < 1.29 is 13.6 Å². The first-order valence-corrected chi connectivity index (χ1v) is 8.18. The fraction of sp³-hybridized carbons (Fsp3) is 0. The Morgan fingerprint density at radius 2 is 1.96 bits per heavy atom. The van der Waals surface area contributed by atoms with E-state index in [1.54, 1.807) is 23.6 Å². The SMILES string of the molecule is O=C(Nc1nc(-c2ccc(F)c(F)c2)cs1)c1cccc(Br)c1. The van der Waals surface area contributed by atoms with Crippen molar-refractivity contribution >= 4 is 38.3 Å². The van der Waals surface area contributed by atoms with Crippen LogP contribution in [0.25, 0.3) is 11.3 Å². The summed E-state index contributed by atoms with van der Waals surface area (Å²) in [6.45, 7) is 0. The summed E-state index contributed by atoms with van der Waals surface area (Å²) in [5.41, 5.74) is 1.41. The highest BCUT2D eigenvalue weighted by Gasteiger charge is 2.11. The molecule has 1 amide bonds. The molecule has 1 aromatic heterocycles. The Balaban J connectivity index is 1.79. The normalized spacial score (nSPS) is 10.6. The second kappa shape index (κ2) is 6.55. The van der Waals surface area contributed by atoms with Crippen molar-refractivity contribution in [3.8, 4) is 11.3 Å². The van der Waals surface area contributed by atoms with Crippen LogP contribution in [0.3, 0.4) is 0 Å². The summed E-state index contributed by atoms with van der Waals surface area (Å²) in [6, 6.07) is 10.5. The van der Waals surface area contributed by atoms with E-state index in [-0.39, 0.29) is 5.91 Å². The molecule has 0 saturated heterocycles. The van der Waals surface area contributed by atoms with Gasteiger partial charge in [-0.05, 0) is 36.4 Å². The molecule has 0 spiro atoms. The molecule has 0 radical (unpaired) electrons. The Bertz CT molecular complexity index is 882. The number of nitrogens with zero attached hydrogens (tertiary/aromatic N) is 1. The molecule has 0 unspecified atom stereocenters. The van der Waals surface area contributed by atoms with Crippen molar-refractivity contribution in [1.29, 1.82) is 0 Å². The van der Waals surface area contributed by atoms with Gasteiger partial charge in [0.1, 0.15) is 0 Å². The quantitative estimate of drug-likeness (QED) is 0.670. The predicted molar refractivity (Wildman–Crippen MR) is 89.6 cm³/mol. The van der Waals surface area contributed by atoms with Gasteiger partial charge in [-0.25, -0.2) is 13.8 Å². The van der Waals surface area contributed by atoms with Crippen molar-refractivity contribution in [3.05, 3.63) is 69.5 Å². The third-order valence-corrected chi connectivity index (χ3v) is 4.28. The van der Waals surface area contributed by atoms with E-state index in [0.29, 0.717) is 22.0 Å². The number of nitrogens with one attached hydrogen (secondary N) is 1. The summed E-state index contributed by atoms with van der Waals surface area (Å²) < 4.78 is 27.0. The predicted octanol–water partition coefficient (Wildman–Crippen LogP) is 5.10. The lowest BCUT2D eigenvalue weighted by molar-refractivity contribution is 0.102. The van der Waals surface area contributed by atoms with Gasteiger partial charge in [-0.2, -0.15) is 0 Å². The number of thiazole rings is 1. The van der Waals surface area contributed by atoms with Crippen LogP contribution in [-0.4, -0.2) is 10.9 Å². The molecule has 0 atom stereocenters. The van der Waals surface area contributed by atoms with Crippen LogP contribution in [0.15, 0.2) is 52.3 Å². The summed E-state index contributed by atoms with van der Waals surface area (Å²) in [7, 11) is 0. The Morgan fingerprint density at radius 3 is 2.70 bits per heavy atom. The van der Waals surface area contributed by atoms with E-state index in [2.05, 4.69) is 26.2 Å². The van der Waals surface area contributed by atoms with Crippen LogP contribution in [0.1, 0.15) is 10.4 Å². The molecule has 116 valence electrons. The summed E-state index contributed by atoms with van der Waals surface area (Å²) in [5, 5.41) is 4.74. The first-order valence-electron chi connectivity index (χ1n) is 6.51. The molecule has 2 aromatic carbocycles. The molecule has 0 saturated carbocycles. The van der Waals surface area contributed by atoms with Crippen molar-refractivity contribution in [1.82, 2.24) is 4.98 Å². The van der Waals surface area contributed by atoms with Crippen molar-refractivity contribution in [2.75, 3.05) is 5.32 Å². The fourth-order valence-electron chi connectivity index (χ4n) is 1.92. The van der Waals surface area contributed by atoms with E-state index in [1.807, 2.05) is 6.07 Å². The molecule has 1 N–H and O–H groups in total. The lowest BCUT2D eigenvalue weighted by Crippen LogP contribution is -2.11. The zero-order valence-corrected chi connectivity index (χ0v) is 13.9. The maximum absolute atomic E-state index is 13.3. The number of carbonyl (C=O) groups is 1. The fourth-order valence-corrected chi connectivity index (χ4v) is 3.03. The molecule has 1 heterocycles. The number of anilines is 1. The topological polar surface area (TPSA) is 42.0 Å². The number of amides is 1. The first kappa shape index (κ1) is 15.8. The van der Waals surface area contributed by atoms with Crippen molar-refractivity contribution in [3.63, 3.8) is 0 Å². The Hall–Kier alpha value is -2.12. The molecule has 3 aromatic rings. The maximum atomic E-state index is 13.3. The van der Waals surface area contributed by atoms with Crippen LogP contribution < -0.4 is 5.32 Å². The molecule has 0 aliphatic carbocycles. The van der Waals surface area contributed by atoms with Gasteiger partial charge in [0.25, 0.3) is 5.91 Å². The van der Waals surface area contributed by atoms with Crippen molar-refractivity contribution in [2.45, 2.75) is 0 Å². The largest absolute Gasteiger partial charge is 0.298 e. The Labute approximate surface area is 143 Å². The summed E-state index contributed by atoms with van der Waals surface area (Å²) in [4.78, 5) is 16.4. The molecule has 3 rings (SSSR count). The molecule has 7 heteroatoms. The number of aromatic nitrogens is 1. The van der Waals surface area contributed by atoms with Gasteiger partial charge in [0.15, 0.2) is 16.8 Å². The summed E-state index contributed by atoms with van der Waals surface area (Å²) in [5.74, 6) is -2.14. The van der Waals surface area contributed by atoms with Gasteiger partial charge in [0.2, 0.25) is 0 Å². The highest BCUT2D eigenvalue weighted by molar-refractivity contribution is 9.10. The Kier molecular flexibility index (Phi) is 4.49. The lowest BCUT2D eigenvalue weighted by Gasteiger charge is -2.02. The average Bonchev–Trinajstić information content (AvgIpc) is 2.98. The van der Waals surface area contributed by atoms with Crippen molar-refractivity contribution in [2.24, 2.45) is 0 Å². The number of hydrogen-bond acceptors (Lipinski definition) is 3. The third kappa shape index (κ3) is 3.62. The van der Waals surface area contributed by atoms with Gasteiger partial charge in [0, 0.05) is 21.0 Å². The maximum Gasteiger partial charge on any atom is 0.257 e. The van der Waals surface area contributed by atoms with E-state index >= 15 is 0 Å². The number of rotatable bonds is 3. The van der Waals surface area contributed by atoms with E-state index in [4.69, 9.17) is 0 Å². The highest BCUT2D eigenvalue weighted by Crippen LogP contribution is 2.26. The molecule has 0 aliphatic rings. The van der Waals surface area contributed by atoms with Gasteiger partial charge in [-0.3, -0.25) is 10.1 Å². The van der Waals surface area contributed by atoms with Gasteiger partial charge in [-0.15, -0.1) is 11.3 Å².